The van der Waals surface area contributed by atoms with Gasteiger partial charge in [-0.1, -0.05) is 18.2 Å². The number of hydrogen-bond donors (Lipinski definition) is 1. The Morgan fingerprint density at radius 3 is 2.71 bits per heavy atom. The highest BCUT2D eigenvalue weighted by atomic mass is 32.2. The molecule has 1 saturated heterocycles. The number of sulfonamides is 1. The molecule has 1 heterocycles. The van der Waals surface area contributed by atoms with E-state index in [1.54, 1.807) is 18.2 Å². The number of amides is 1. The summed E-state index contributed by atoms with van der Waals surface area (Å²) in [6.07, 6.45) is 1.98. The Balaban J connectivity index is 1.88. The lowest BCUT2D eigenvalue weighted by Crippen LogP contribution is -2.40. The summed E-state index contributed by atoms with van der Waals surface area (Å²) < 4.78 is 30.9. The third kappa shape index (κ3) is 4.26. The minimum Gasteiger partial charge on any atom is -0.376 e. The van der Waals surface area contributed by atoms with Crippen LogP contribution in [-0.2, 0) is 19.6 Å². The van der Waals surface area contributed by atoms with Gasteiger partial charge >= 0.3 is 0 Å². The van der Waals surface area contributed by atoms with Gasteiger partial charge in [-0.2, -0.15) is 4.31 Å². The average molecular weight is 312 g/mol. The van der Waals surface area contributed by atoms with Crippen LogP contribution in [0.4, 0.5) is 0 Å². The van der Waals surface area contributed by atoms with Gasteiger partial charge in [0.2, 0.25) is 15.9 Å². The Morgan fingerprint density at radius 2 is 2.10 bits per heavy atom. The number of likely N-dealkylation sites (N-methyl/N-ethyl adjacent to an activating group) is 1. The maximum atomic E-state index is 12.2. The number of rotatable bonds is 6. The molecule has 0 radical (unpaired) electrons. The van der Waals surface area contributed by atoms with E-state index in [4.69, 9.17) is 4.74 Å². The second-order valence-corrected chi connectivity index (χ2v) is 7.06. The molecule has 1 N–H and O–H groups in total. The summed E-state index contributed by atoms with van der Waals surface area (Å²) in [6.45, 7) is 0.949. The first kappa shape index (κ1) is 15.9. The third-order valence-electron chi connectivity index (χ3n) is 3.37. The van der Waals surface area contributed by atoms with E-state index < -0.39 is 10.0 Å². The zero-order valence-corrected chi connectivity index (χ0v) is 12.8. The molecule has 1 fully saturated rings. The van der Waals surface area contributed by atoms with Crippen molar-refractivity contribution in [2.24, 2.45) is 0 Å². The lowest BCUT2D eigenvalue weighted by Gasteiger charge is -2.17. The van der Waals surface area contributed by atoms with Gasteiger partial charge in [-0.3, -0.25) is 4.79 Å². The van der Waals surface area contributed by atoms with Crippen LogP contribution in [0.25, 0.3) is 0 Å². The molecule has 0 bridgehead atoms. The number of carbonyl (C=O) groups excluding carboxylic acids is 1. The zero-order valence-electron chi connectivity index (χ0n) is 12.0. The van der Waals surface area contributed by atoms with Gasteiger partial charge in [0, 0.05) is 20.2 Å². The quantitative estimate of drug-likeness (QED) is 0.835. The van der Waals surface area contributed by atoms with E-state index in [1.165, 1.54) is 19.2 Å². The minimum absolute atomic E-state index is 0.0463. The summed E-state index contributed by atoms with van der Waals surface area (Å²) in [6, 6.07) is 8.07. The molecule has 0 unspecified atom stereocenters. The zero-order chi connectivity index (χ0) is 15.3. The topological polar surface area (TPSA) is 75.7 Å². The highest BCUT2D eigenvalue weighted by Crippen LogP contribution is 2.13. The van der Waals surface area contributed by atoms with Gasteiger partial charge in [-0.15, -0.1) is 0 Å². The van der Waals surface area contributed by atoms with Crippen LogP contribution >= 0.6 is 0 Å². The molecule has 1 amide bonds. The molecule has 1 atom stereocenters. The molecule has 116 valence electrons. The van der Waals surface area contributed by atoms with Crippen LogP contribution in [0.2, 0.25) is 0 Å². The van der Waals surface area contributed by atoms with Gasteiger partial charge in [0.05, 0.1) is 17.5 Å². The van der Waals surface area contributed by atoms with Crippen molar-refractivity contribution in [1.82, 2.24) is 9.62 Å². The van der Waals surface area contributed by atoms with Crippen LogP contribution in [-0.4, -0.2) is 51.5 Å². The average Bonchev–Trinajstić information content (AvgIpc) is 2.99. The lowest BCUT2D eigenvalue weighted by atomic mass is 10.2. The van der Waals surface area contributed by atoms with Gasteiger partial charge < -0.3 is 10.1 Å². The van der Waals surface area contributed by atoms with Crippen LogP contribution < -0.4 is 5.32 Å². The number of nitrogens with zero attached hydrogens (tertiary/aromatic N) is 1. The molecule has 0 spiro atoms. The first-order chi connectivity index (χ1) is 10.00. The molecule has 1 aliphatic heterocycles. The van der Waals surface area contributed by atoms with Crippen molar-refractivity contribution in [3.63, 3.8) is 0 Å². The summed E-state index contributed by atoms with van der Waals surface area (Å²) in [7, 11) is -2.23. The summed E-state index contributed by atoms with van der Waals surface area (Å²) in [5, 5.41) is 2.71. The van der Waals surface area contributed by atoms with E-state index in [2.05, 4.69) is 5.32 Å². The first-order valence-corrected chi connectivity index (χ1v) is 8.34. The molecule has 7 heteroatoms. The van der Waals surface area contributed by atoms with Crippen LogP contribution in [0.5, 0.6) is 0 Å². The molecule has 6 nitrogen and oxygen atoms in total. The lowest BCUT2D eigenvalue weighted by molar-refractivity contribution is -0.121. The molecule has 1 aromatic carbocycles. The second kappa shape index (κ2) is 7.02. The Hall–Kier alpha value is -1.44. The van der Waals surface area contributed by atoms with Gasteiger partial charge in [0.1, 0.15) is 0 Å². The van der Waals surface area contributed by atoms with Crippen molar-refractivity contribution in [2.45, 2.75) is 23.8 Å². The van der Waals surface area contributed by atoms with E-state index in [0.717, 1.165) is 23.8 Å². The molecule has 0 saturated carbocycles. The van der Waals surface area contributed by atoms with Crippen LogP contribution in [0.15, 0.2) is 35.2 Å². The van der Waals surface area contributed by atoms with Crippen molar-refractivity contribution in [3.05, 3.63) is 30.3 Å². The fourth-order valence-electron chi connectivity index (χ4n) is 2.15. The summed E-state index contributed by atoms with van der Waals surface area (Å²) >= 11 is 0. The van der Waals surface area contributed by atoms with Crippen LogP contribution in [0, 0.1) is 0 Å². The number of nitrogens with one attached hydrogen (secondary N) is 1. The van der Waals surface area contributed by atoms with Gasteiger partial charge in [0.15, 0.2) is 0 Å². The van der Waals surface area contributed by atoms with E-state index >= 15 is 0 Å². The van der Waals surface area contributed by atoms with E-state index in [-0.39, 0.29) is 23.5 Å². The normalized spacial score (nSPS) is 18.9. The van der Waals surface area contributed by atoms with Crippen LogP contribution in [0.1, 0.15) is 12.8 Å². The second-order valence-electron chi connectivity index (χ2n) is 5.01. The number of hydrogen-bond acceptors (Lipinski definition) is 4. The predicted molar refractivity (Wildman–Crippen MR) is 78.2 cm³/mol. The maximum absolute atomic E-state index is 12.2. The summed E-state index contributed by atoms with van der Waals surface area (Å²) in [5.74, 6) is -0.326. The van der Waals surface area contributed by atoms with Crippen molar-refractivity contribution in [3.8, 4) is 0 Å². The number of carbonyl (C=O) groups is 1. The minimum atomic E-state index is -3.63. The largest absolute Gasteiger partial charge is 0.376 e. The van der Waals surface area contributed by atoms with E-state index in [0.29, 0.717) is 6.54 Å². The van der Waals surface area contributed by atoms with Crippen molar-refractivity contribution < 1.29 is 17.9 Å². The molecule has 2 rings (SSSR count). The van der Waals surface area contributed by atoms with Crippen molar-refractivity contribution in [1.29, 1.82) is 0 Å². The highest BCUT2D eigenvalue weighted by molar-refractivity contribution is 7.89. The predicted octanol–water partition coefficient (Wildman–Crippen LogP) is 0.602. The van der Waals surface area contributed by atoms with Crippen molar-refractivity contribution in [2.75, 3.05) is 26.7 Å². The van der Waals surface area contributed by atoms with Crippen LogP contribution in [0.3, 0.4) is 0 Å². The Labute approximate surface area is 125 Å². The SMILES string of the molecule is CN(CC(=O)NC[C@@H]1CCCO1)S(=O)(=O)c1ccccc1. The summed E-state index contributed by atoms with van der Waals surface area (Å²) in [5.41, 5.74) is 0. The Morgan fingerprint density at radius 1 is 1.38 bits per heavy atom. The third-order valence-corrected chi connectivity index (χ3v) is 5.19. The molecular formula is C14H20N2O4S. The monoisotopic (exact) mass is 312 g/mol. The molecule has 0 aromatic heterocycles. The van der Waals surface area contributed by atoms with Gasteiger partial charge in [0.25, 0.3) is 0 Å². The van der Waals surface area contributed by atoms with Gasteiger partial charge in [-0.05, 0) is 25.0 Å². The fourth-order valence-corrected chi connectivity index (χ4v) is 3.30. The number of benzene rings is 1. The summed E-state index contributed by atoms with van der Waals surface area (Å²) in [4.78, 5) is 12.0. The smallest absolute Gasteiger partial charge is 0.243 e. The maximum Gasteiger partial charge on any atom is 0.243 e. The molecular weight excluding hydrogens is 292 g/mol. The molecule has 1 aromatic rings. The number of ether oxygens (including phenoxy) is 1. The van der Waals surface area contributed by atoms with Gasteiger partial charge in [-0.25, -0.2) is 8.42 Å². The molecule has 1 aliphatic rings. The van der Waals surface area contributed by atoms with Crippen molar-refractivity contribution >= 4 is 15.9 Å². The standard InChI is InChI=1S/C14H20N2O4S/c1-16(21(18,19)13-7-3-2-4-8-13)11-14(17)15-10-12-6-5-9-20-12/h2-4,7-8,12H,5-6,9-11H2,1H3,(H,15,17)/t12-/m0/s1. The van der Waals surface area contributed by atoms with E-state index in [1.807, 2.05) is 0 Å². The Bertz CT molecular complexity index is 568. The molecule has 21 heavy (non-hydrogen) atoms. The van der Waals surface area contributed by atoms with E-state index in [9.17, 15) is 13.2 Å². The first-order valence-electron chi connectivity index (χ1n) is 6.90. The molecule has 0 aliphatic carbocycles. The fraction of sp³-hybridized carbons (Fsp3) is 0.500. The Kier molecular flexibility index (Phi) is 5.33. The highest BCUT2D eigenvalue weighted by Gasteiger charge is 2.23.